The fourth-order valence-electron chi connectivity index (χ4n) is 2.35. The van der Waals surface area contributed by atoms with E-state index in [9.17, 15) is 0 Å². The van der Waals surface area contributed by atoms with Crippen LogP contribution in [0.3, 0.4) is 0 Å². The minimum absolute atomic E-state index is 0.0330. The topological polar surface area (TPSA) is 49.7 Å². The molecule has 0 aliphatic heterocycles. The van der Waals surface area contributed by atoms with Gasteiger partial charge in [-0.25, -0.2) is 0 Å². The molecule has 3 heteroatoms. The van der Waals surface area contributed by atoms with Gasteiger partial charge in [-0.3, -0.25) is 0 Å². The Morgan fingerprint density at radius 2 is 1.43 bits per heavy atom. The Balaban J connectivity index is 2.15. The molecule has 0 fully saturated rings. The molecule has 0 atom stereocenters. The van der Waals surface area contributed by atoms with Crippen molar-refractivity contribution in [2.75, 3.05) is 19.8 Å². The summed E-state index contributed by atoms with van der Waals surface area (Å²) in [5.74, 6) is 0.668. The van der Waals surface area contributed by atoms with E-state index < -0.39 is 0 Å². The van der Waals surface area contributed by atoms with Gasteiger partial charge in [0.2, 0.25) is 0 Å². The van der Waals surface area contributed by atoms with Crippen molar-refractivity contribution >= 4 is 0 Å². The van der Waals surface area contributed by atoms with E-state index >= 15 is 0 Å². The molecule has 0 unspecified atom stereocenters. The summed E-state index contributed by atoms with van der Waals surface area (Å²) in [4.78, 5) is 0. The normalized spacial score (nSPS) is 11.0. The molecule has 0 aliphatic carbocycles. The van der Waals surface area contributed by atoms with Crippen LogP contribution < -0.4 is 4.74 Å². The largest absolute Gasteiger partial charge is 0.494 e. The number of ether oxygens (including phenoxy) is 1. The molecule has 0 radical (unpaired) electrons. The fourth-order valence-corrected chi connectivity index (χ4v) is 2.35. The Hall–Kier alpha value is -1.06. The van der Waals surface area contributed by atoms with Gasteiger partial charge in [-0.2, -0.15) is 0 Å². The van der Waals surface area contributed by atoms with Crippen molar-refractivity contribution in [2.45, 2.75) is 57.8 Å². The van der Waals surface area contributed by atoms with Crippen LogP contribution in [0.25, 0.3) is 0 Å². The van der Waals surface area contributed by atoms with E-state index in [0.717, 1.165) is 24.3 Å². The molecule has 21 heavy (non-hydrogen) atoms. The summed E-state index contributed by atoms with van der Waals surface area (Å²) < 4.78 is 5.71. The molecule has 120 valence electrons. The maximum absolute atomic E-state index is 9.14. The third-order valence-electron chi connectivity index (χ3n) is 3.81. The van der Waals surface area contributed by atoms with Crippen LogP contribution in [0.15, 0.2) is 24.3 Å². The number of aliphatic hydroxyl groups is 2. The minimum atomic E-state index is -0.192. The van der Waals surface area contributed by atoms with Crippen LogP contribution in [-0.4, -0.2) is 30.0 Å². The highest BCUT2D eigenvalue weighted by atomic mass is 16.5. The molecule has 0 aliphatic rings. The summed E-state index contributed by atoms with van der Waals surface area (Å²) in [7, 11) is 0. The first-order valence-electron chi connectivity index (χ1n) is 8.26. The SMILES string of the molecule is CCCCCCCCCOc1ccc(C(CO)CO)cc1. The lowest BCUT2D eigenvalue weighted by atomic mass is 10.0. The van der Waals surface area contributed by atoms with Gasteiger partial charge in [0, 0.05) is 5.92 Å². The Morgan fingerprint density at radius 3 is 2.00 bits per heavy atom. The molecular formula is C18H30O3. The molecule has 2 N–H and O–H groups in total. The Labute approximate surface area is 129 Å². The number of aliphatic hydroxyl groups excluding tert-OH is 2. The van der Waals surface area contributed by atoms with E-state index in [1.165, 1.54) is 38.5 Å². The van der Waals surface area contributed by atoms with Crippen LogP contribution in [0.5, 0.6) is 5.75 Å². The van der Waals surface area contributed by atoms with Gasteiger partial charge in [0.25, 0.3) is 0 Å². The maximum atomic E-state index is 9.14. The van der Waals surface area contributed by atoms with E-state index in [1.54, 1.807) is 0 Å². The lowest BCUT2D eigenvalue weighted by Crippen LogP contribution is -2.08. The summed E-state index contributed by atoms with van der Waals surface area (Å²) in [5, 5.41) is 18.3. The van der Waals surface area contributed by atoms with Crippen LogP contribution in [0, 0.1) is 0 Å². The first kappa shape index (κ1) is 18.0. The van der Waals surface area contributed by atoms with Gasteiger partial charge >= 0.3 is 0 Å². The Kier molecular flexibility index (Phi) is 9.92. The van der Waals surface area contributed by atoms with Crippen LogP contribution in [0.1, 0.15) is 63.4 Å². The van der Waals surface area contributed by atoms with Gasteiger partial charge in [0.15, 0.2) is 0 Å². The quantitative estimate of drug-likeness (QED) is 0.575. The van der Waals surface area contributed by atoms with Crippen LogP contribution in [0.2, 0.25) is 0 Å². The monoisotopic (exact) mass is 294 g/mol. The van der Waals surface area contributed by atoms with Crippen LogP contribution in [-0.2, 0) is 0 Å². The summed E-state index contributed by atoms with van der Waals surface area (Å²) in [6, 6.07) is 7.65. The van der Waals surface area contributed by atoms with Gasteiger partial charge in [0.05, 0.1) is 19.8 Å². The molecule has 1 aromatic carbocycles. The van der Waals surface area contributed by atoms with E-state index in [1.807, 2.05) is 24.3 Å². The minimum Gasteiger partial charge on any atom is -0.494 e. The Bertz CT molecular complexity index is 344. The third-order valence-corrected chi connectivity index (χ3v) is 3.81. The second kappa shape index (κ2) is 11.6. The number of rotatable bonds is 12. The van der Waals surface area contributed by atoms with Crippen molar-refractivity contribution in [3.05, 3.63) is 29.8 Å². The number of benzene rings is 1. The average molecular weight is 294 g/mol. The molecule has 0 aromatic heterocycles. The van der Waals surface area contributed by atoms with Gasteiger partial charge in [-0.05, 0) is 24.1 Å². The molecule has 0 heterocycles. The highest BCUT2D eigenvalue weighted by Gasteiger charge is 2.08. The van der Waals surface area contributed by atoms with E-state index in [2.05, 4.69) is 6.92 Å². The highest BCUT2D eigenvalue weighted by Crippen LogP contribution is 2.19. The van der Waals surface area contributed by atoms with Gasteiger partial charge in [-0.15, -0.1) is 0 Å². The first-order valence-corrected chi connectivity index (χ1v) is 8.26. The second-order valence-electron chi connectivity index (χ2n) is 5.60. The molecular weight excluding hydrogens is 264 g/mol. The molecule has 0 amide bonds. The summed E-state index contributed by atoms with van der Waals surface area (Å²) in [5.41, 5.74) is 0.947. The zero-order valence-electron chi connectivity index (χ0n) is 13.3. The van der Waals surface area contributed by atoms with Gasteiger partial charge in [0.1, 0.15) is 5.75 Å². The first-order chi connectivity index (χ1) is 10.3. The van der Waals surface area contributed by atoms with Gasteiger partial charge in [-0.1, -0.05) is 57.6 Å². The molecule has 0 bridgehead atoms. The highest BCUT2D eigenvalue weighted by molar-refractivity contribution is 5.29. The number of hydrogen-bond acceptors (Lipinski definition) is 3. The maximum Gasteiger partial charge on any atom is 0.119 e. The molecule has 1 aromatic rings. The molecule has 0 saturated heterocycles. The molecule has 0 spiro atoms. The second-order valence-corrected chi connectivity index (χ2v) is 5.60. The summed E-state index contributed by atoms with van der Waals surface area (Å²) in [6.07, 6.45) is 8.99. The molecule has 3 nitrogen and oxygen atoms in total. The average Bonchev–Trinajstić information content (AvgIpc) is 2.52. The molecule has 1 rings (SSSR count). The molecule has 0 saturated carbocycles. The zero-order chi connectivity index (χ0) is 15.3. The van der Waals surface area contributed by atoms with Crippen molar-refractivity contribution in [2.24, 2.45) is 0 Å². The number of unbranched alkanes of at least 4 members (excludes halogenated alkanes) is 6. The van der Waals surface area contributed by atoms with Crippen molar-refractivity contribution < 1.29 is 14.9 Å². The predicted octanol–water partition coefficient (Wildman–Crippen LogP) is 3.88. The van der Waals surface area contributed by atoms with Crippen molar-refractivity contribution in [1.29, 1.82) is 0 Å². The van der Waals surface area contributed by atoms with Crippen molar-refractivity contribution in [3.8, 4) is 5.75 Å². The lowest BCUT2D eigenvalue weighted by molar-refractivity contribution is 0.192. The standard InChI is InChI=1S/C18H30O3/c1-2-3-4-5-6-7-8-13-21-18-11-9-16(10-12-18)17(14-19)15-20/h9-12,17,19-20H,2-8,13-15H2,1H3. The fraction of sp³-hybridized carbons (Fsp3) is 0.667. The summed E-state index contributed by atoms with van der Waals surface area (Å²) >= 11 is 0. The van der Waals surface area contributed by atoms with Crippen molar-refractivity contribution in [3.63, 3.8) is 0 Å². The smallest absolute Gasteiger partial charge is 0.119 e. The predicted molar refractivity (Wildman–Crippen MR) is 86.8 cm³/mol. The van der Waals surface area contributed by atoms with Gasteiger partial charge < -0.3 is 14.9 Å². The van der Waals surface area contributed by atoms with Crippen LogP contribution >= 0.6 is 0 Å². The van der Waals surface area contributed by atoms with E-state index in [4.69, 9.17) is 14.9 Å². The summed E-state index contributed by atoms with van der Waals surface area (Å²) in [6.45, 7) is 2.93. The lowest BCUT2D eigenvalue weighted by Gasteiger charge is -2.12. The van der Waals surface area contributed by atoms with E-state index in [0.29, 0.717) is 0 Å². The van der Waals surface area contributed by atoms with Crippen LogP contribution in [0.4, 0.5) is 0 Å². The zero-order valence-corrected chi connectivity index (χ0v) is 13.3. The third kappa shape index (κ3) is 7.49. The number of hydrogen-bond donors (Lipinski definition) is 2. The van der Waals surface area contributed by atoms with E-state index in [-0.39, 0.29) is 19.1 Å². The van der Waals surface area contributed by atoms with Crippen molar-refractivity contribution in [1.82, 2.24) is 0 Å². The Morgan fingerprint density at radius 1 is 0.857 bits per heavy atom.